The predicted molar refractivity (Wildman–Crippen MR) is 51.3 cm³/mol. The largest absolute Gasteiger partial charge is 0.481 e. The molecule has 0 atom stereocenters. The van der Waals surface area contributed by atoms with Crippen LogP contribution in [0.25, 0.3) is 11.1 Å². The average Bonchev–Trinajstić information content (AvgIpc) is 2.57. The monoisotopic (exact) mass is 207 g/mol. The number of carboxylic acids is 1. The van der Waals surface area contributed by atoms with Crippen LogP contribution in [0.3, 0.4) is 0 Å². The Morgan fingerprint density at radius 1 is 1.47 bits per heavy atom. The maximum Gasteiger partial charge on any atom is 0.312 e. The predicted octanol–water partition coefficient (Wildman–Crippen LogP) is 0.947. The van der Waals surface area contributed by atoms with E-state index in [9.17, 15) is 4.79 Å². The van der Waals surface area contributed by atoms with E-state index in [1.54, 1.807) is 18.2 Å². The van der Waals surface area contributed by atoms with Gasteiger partial charge in [0.1, 0.15) is 11.9 Å². The van der Waals surface area contributed by atoms with E-state index in [-0.39, 0.29) is 18.9 Å². The normalized spacial score (nSPS) is 10.7. The molecule has 1 aromatic carbocycles. The Morgan fingerprint density at radius 3 is 2.93 bits per heavy atom. The fraction of sp³-hybridized carbons (Fsp3) is 0.200. The fourth-order valence-corrected chi connectivity index (χ4v) is 1.32. The lowest BCUT2D eigenvalue weighted by atomic mass is 10.2. The van der Waals surface area contributed by atoms with E-state index in [4.69, 9.17) is 14.6 Å². The lowest BCUT2D eigenvalue weighted by Crippen LogP contribution is -1.99. The van der Waals surface area contributed by atoms with Gasteiger partial charge in [0.15, 0.2) is 5.58 Å². The number of nitrogens with zero attached hydrogens (tertiary/aromatic N) is 1. The third-order valence-corrected chi connectivity index (χ3v) is 1.98. The summed E-state index contributed by atoms with van der Waals surface area (Å²) in [7, 11) is 0. The molecule has 2 rings (SSSR count). The molecule has 0 aliphatic rings. The summed E-state index contributed by atoms with van der Waals surface area (Å²) in [5.41, 5.74) is 1.82. The van der Waals surface area contributed by atoms with Crippen molar-refractivity contribution in [3.8, 4) is 0 Å². The number of hydrogen-bond acceptors (Lipinski definition) is 4. The minimum absolute atomic E-state index is 0.0724. The van der Waals surface area contributed by atoms with Crippen molar-refractivity contribution >= 4 is 17.1 Å². The van der Waals surface area contributed by atoms with Crippen LogP contribution in [0.15, 0.2) is 22.6 Å². The van der Waals surface area contributed by atoms with Gasteiger partial charge in [-0.2, -0.15) is 0 Å². The average molecular weight is 207 g/mol. The Labute approximate surface area is 85.0 Å². The van der Waals surface area contributed by atoms with Crippen molar-refractivity contribution in [2.75, 3.05) is 0 Å². The Bertz CT molecular complexity index is 503. The summed E-state index contributed by atoms with van der Waals surface area (Å²) in [6, 6.07) is 5.04. The van der Waals surface area contributed by atoms with Crippen molar-refractivity contribution in [3.63, 3.8) is 0 Å². The van der Waals surface area contributed by atoms with E-state index in [1.807, 2.05) is 0 Å². The number of carbonyl (C=O) groups is 1. The summed E-state index contributed by atoms with van der Waals surface area (Å²) < 4.78 is 5.20. The molecule has 2 N–H and O–H groups in total. The minimum Gasteiger partial charge on any atom is -0.481 e. The van der Waals surface area contributed by atoms with E-state index >= 15 is 0 Å². The summed E-state index contributed by atoms with van der Waals surface area (Å²) in [5.74, 6) is -0.809. The van der Waals surface area contributed by atoms with E-state index in [0.717, 1.165) is 5.56 Å². The third kappa shape index (κ3) is 1.97. The van der Waals surface area contributed by atoms with Crippen LogP contribution in [0.1, 0.15) is 11.5 Å². The molecule has 0 saturated carbocycles. The van der Waals surface area contributed by atoms with Gasteiger partial charge in [0, 0.05) is 0 Å². The zero-order chi connectivity index (χ0) is 10.8. The minimum atomic E-state index is -0.982. The Balaban J connectivity index is 2.42. The highest BCUT2D eigenvalue weighted by Gasteiger charge is 2.09. The van der Waals surface area contributed by atoms with Crippen molar-refractivity contribution in [1.29, 1.82) is 0 Å². The molecule has 1 aromatic heterocycles. The first-order valence-electron chi connectivity index (χ1n) is 4.40. The first kappa shape index (κ1) is 9.67. The molecule has 1 heterocycles. The molecule has 0 amide bonds. The number of fused-ring (bicyclic) bond motifs is 1. The van der Waals surface area contributed by atoms with Gasteiger partial charge in [-0.3, -0.25) is 4.79 Å². The summed E-state index contributed by atoms with van der Waals surface area (Å²) in [4.78, 5) is 14.4. The zero-order valence-corrected chi connectivity index (χ0v) is 7.80. The molecule has 0 aliphatic heterocycles. The number of hydrogen-bond donors (Lipinski definition) is 2. The third-order valence-electron chi connectivity index (χ3n) is 1.98. The number of oxazole rings is 1. The van der Waals surface area contributed by atoms with Gasteiger partial charge in [-0.25, -0.2) is 4.98 Å². The number of aliphatic hydroxyl groups excluding tert-OH is 1. The van der Waals surface area contributed by atoms with E-state index in [2.05, 4.69) is 4.98 Å². The molecule has 0 spiro atoms. The van der Waals surface area contributed by atoms with Gasteiger partial charge < -0.3 is 14.6 Å². The summed E-state index contributed by atoms with van der Waals surface area (Å²) in [6.45, 7) is -0.0724. The van der Waals surface area contributed by atoms with Gasteiger partial charge in [-0.05, 0) is 17.7 Å². The molecule has 0 unspecified atom stereocenters. The van der Waals surface area contributed by atoms with Crippen molar-refractivity contribution in [1.82, 2.24) is 4.98 Å². The van der Waals surface area contributed by atoms with Gasteiger partial charge in [-0.15, -0.1) is 0 Å². The van der Waals surface area contributed by atoms with Crippen LogP contribution in [-0.4, -0.2) is 21.2 Å². The lowest BCUT2D eigenvalue weighted by Gasteiger charge is -1.92. The molecule has 78 valence electrons. The molecule has 2 aromatic rings. The van der Waals surface area contributed by atoms with Crippen LogP contribution in [0, 0.1) is 0 Å². The highest BCUT2D eigenvalue weighted by atomic mass is 16.4. The van der Waals surface area contributed by atoms with Gasteiger partial charge in [0.25, 0.3) is 0 Å². The Kier molecular flexibility index (Phi) is 2.39. The molecule has 0 radical (unpaired) electrons. The first-order chi connectivity index (χ1) is 7.19. The second-order valence-electron chi connectivity index (χ2n) is 3.14. The maximum absolute atomic E-state index is 10.4. The number of carboxylic acid groups (broad SMARTS) is 1. The molecule has 5 heteroatoms. The fourth-order valence-electron chi connectivity index (χ4n) is 1.32. The maximum atomic E-state index is 10.4. The van der Waals surface area contributed by atoms with Crippen molar-refractivity contribution in [2.45, 2.75) is 13.0 Å². The molecule has 0 bridgehead atoms. The van der Waals surface area contributed by atoms with Crippen LogP contribution in [0.2, 0.25) is 0 Å². The van der Waals surface area contributed by atoms with Crippen molar-refractivity contribution in [2.24, 2.45) is 0 Å². The Hall–Kier alpha value is -1.88. The first-order valence-corrected chi connectivity index (χ1v) is 4.40. The topological polar surface area (TPSA) is 83.6 Å². The van der Waals surface area contributed by atoms with Crippen molar-refractivity contribution in [3.05, 3.63) is 29.7 Å². The summed E-state index contributed by atoms with van der Waals surface area (Å²) in [5, 5.41) is 17.4. The zero-order valence-electron chi connectivity index (χ0n) is 7.80. The number of rotatable bonds is 3. The quantitative estimate of drug-likeness (QED) is 0.782. The van der Waals surface area contributed by atoms with E-state index in [1.165, 1.54) is 0 Å². The van der Waals surface area contributed by atoms with Crippen LogP contribution >= 0.6 is 0 Å². The smallest absolute Gasteiger partial charge is 0.312 e. The summed E-state index contributed by atoms with van der Waals surface area (Å²) in [6.07, 6.45) is -0.233. The van der Waals surface area contributed by atoms with Gasteiger partial charge in [-0.1, -0.05) is 6.07 Å². The van der Waals surface area contributed by atoms with Gasteiger partial charge in [0.2, 0.25) is 5.89 Å². The van der Waals surface area contributed by atoms with Gasteiger partial charge >= 0.3 is 5.97 Å². The number of aliphatic carboxylic acids is 1. The van der Waals surface area contributed by atoms with Crippen LogP contribution in [-0.2, 0) is 17.8 Å². The standard InChI is InChI=1S/C10H9NO4/c12-5-6-1-2-8-7(3-6)11-9(15-8)4-10(13)14/h1-3,12H,4-5H2,(H,13,14). The molecule has 0 fully saturated rings. The SMILES string of the molecule is O=C(O)Cc1nc2cc(CO)ccc2o1. The molecule has 15 heavy (non-hydrogen) atoms. The van der Waals surface area contributed by atoms with Crippen molar-refractivity contribution < 1.29 is 19.4 Å². The molecule has 0 aliphatic carbocycles. The van der Waals surface area contributed by atoms with Crippen LogP contribution in [0.4, 0.5) is 0 Å². The summed E-state index contributed by atoms with van der Waals surface area (Å²) >= 11 is 0. The molecular formula is C10H9NO4. The highest BCUT2D eigenvalue weighted by Crippen LogP contribution is 2.17. The lowest BCUT2D eigenvalue weighted by molar-refractivity contribution is -0.136. The second kappa shape index (κ2) is 3.70. The number of benzene rings is 1. The van der Waals surface area contributed by atoms with E-state index in [0.29, 0.717) is 11.1 Å². The highest BCUT2D eigenvalue weighted by molar-refractivity contribution is 5.75. The van der Waals surface area contributed by atoms with Gasteiger partial charge in [0.05, 0.1) is 6.61 Å². The molecule has 5 nitrogen and oxygen atoms in total. The second-order valence-corrected chi connectivity index (χ2v) is 3.14. The van der Waals surface area contributed by atoms with Crippen LogP contribution in [0.5, 0.6) is 0 Å². The van der Waals surface area contributed by atoms with E-state index < -0.39 is 5.97 Å². The number of aromatic nitrogens is 1. The number of aliphatic hydroxyl groups is 1. The van der Waals surface area contributed by atoms with Crippen LogP contribution < -0.4 is 0 Å². The molecule has 0 saturated heterocycles. The molecular weight excluding hydrogens is 198 g/mol. The Morgan fingerprint density at radius 2 is 2.27 bits per heavy atom.